The minimum atomic E-state index is -0.170. The number of amides is 1. The molecule has 10 heteroatoms. The molecule has 2 aromatic heterocycles. The van der Waals surface area contributed by atoms with Crippen molar-refractivity contribution in [2.75, 3.05) is 38.0 Å². The van der Waals surface area contributed by atoms with Gasteiger partial charge in [-0.05, 0) is 88.5 Å². The summed E-state index contributed by atoms with van der Waals surface area (Å²) >= 11 is 12.9. The smallest absolute Gasteiger partial charge is 0.255 e. The molecule has 3 heterocycles. The molecule has 0 bridgehead atoms. The average molecular weight is 583 g/mol. The molecule has 4 aromatic rings. The summed E-state index contributed by atoms with van der Waals surface area (Å²) in [6, 6.07) is 8.99. The highest BCUT2D eigenvalue weighted by atomic mass is 35.5. The minimum Gasteiger partial charge on any atom is -0.360 e. The molecule has 1 fully saturated rings. The number of fused-ring (bicyclic) bond motifs is 2. The van der Waals surface area contributed by atoms with Crippen LogP contribution in [-0.2, 0) is 0 Å². The summed E-state index contributed by atoms with van der Waals surface area (Å²) in [5.41, 5.74) is 2.88. The minimum absolute atomic E-state index is 0.0252. The maximum Gasteiger partial charge on any atom is 0.255 e. The Morgan fingerprint density at radius 2 is 2.00 bits per heavy atom. The molecule has 0 radical (unpaired) electrons. The van der Waals surface area contributed by atoms with Gasteiger partial charge in [0.05, 0.1) is 33.2 Å². The van der Waals surface area contributed by atoms with E-state index in [2.05, 4.69) is 44.0 Å². The van der Waals surface area contributed by atoms with Gasteiger partial charge in [0.15, 0.2) is 0 Å². The summed E-state index contributed by atoms with van der Waals surface area (Å²) in [4.78, 5) is 34.9. The Bertz CT molecular complexity index is 1490. The van der Waals surface area contributed by atoms with Crippen molar-refractivity contribution in [2.45, 2.75) is 52.5 Å². The largest absolute Gasteiger partial charge is 0.360 e. The number of anilines is 1. The molecule has 2 N–H and O–H groups in total. The molecule has 40 heavy (non-hydrogen) atoms. The van der Waals surface area contributed by atoms with Crippen LogP contribution in [0.2, 0.25) is 10.0 Å². The summed E-state index contributed by atoms with van der Waals surface area (Å²) in [7, 11) is 0. The third-order valence-corrected chi connectivity index (χ3v) is 8.52. The van der Waals surface area contributed by atoms with Gasteiger partial charge < -0.3 is 20.1 Å². The van der Waals surface area contributed by atoms with E-state index in [1.807, 2.05) is 30.0 Å². The second-order valence-corrected chi connectivity index (χ2v) is 11.5. The van der Waals surface area contributed by atoms with Crippen LogP contribution in [0.4, 0.5) is 5.82 Å². The molecule has 5 rings (SSSR count). The summed E-state index contributed by atoms with van der Waals surface area (Å²) in [6.07, 6.45) is 6.01. The van der Waals surface area contributed by atoms with E-state index in [1.165, 1.54) is 12.7 Å². The highest BCUT2D eigenvalue weighted by molar-refractivity contribution is 6.35. The zero-order valence-electron chi connectivity index (χ0n) is 23.4. The molecule has 1 aliphatic rings. The van der Waals surface area contributed by atoms with Crippen LogP contribution in [0.3, 0.4) is 0 Å². The second-order valence-electron chi connectivity index (χ2n) is 10.6. The van der Waals surface area contributed by atoms with Gasteiger partial charge in [0.25, 0.3) is 5.91 Å². The van der Waals surface area contributed by atoms with Crippen molar-refractivity contribution in [3.8, 4) is 0 Å². The van der Waals surface area contributed by atoms with Crippen molar-refractivity contribution in [3.05, 3.63) is 58.1 Å². The number of carbonyl (C=O) groups is 1. The first-order valence-electron chi connectivity index (χ1n) is 14.2. The van der Waals surface area contributed by atoms with Gasteiger partial charge in [-0.25, -0.2) is 15.0 Å². The molecule has 1 aliphatic heterocycles. The van der Waals surface area contributed by atoms with Crippen LogP contribution in [0.15, 0.2) is 36.7 Å². The first-order valence-corrected chi connectivity index (χ1v) is 15.0. The van der Waals surface area contributed by atoms with Crippen molar-refractivity contribution < 1.29 is 4.79 Å². The first kappa shape index (κ1) is 28.6. The van der Waals surface area contributed by atoms with Gasteiger partial charge in [-0.1, -0.05) is 37.0 Å². The fraction of sp³-hybridized carbons (Fsp3) is 0.467. The summed E-state index contributed by atoms with van der Waals surface area (Å²) in [6.45, 7) is 11.2. The summed E-state index contributed by atoms with van der Waals surface area (Å²) in [5, 5.41) is 5.24. The molecule has 0 unspecified atom stereocenters. The van der Waals surface area contributed by atoms with Gasteiger partial charge in [-0.2, -0.15) is 0 Å². The number of halogens is 2. The number of piperidine rings is 1. The van der Waals surface area contributed by atoms with E-state index in [0.717, 1.165) is 74.2 Å². The number of hydrogen-bond donors (Lipinski definition) is 2. The van der Waals surface area contributed by atoms with Gasteiger partial charge in [-0.3, -0.25) is 4.79 Å². The predicted molar refractivity (Wildman–Crippen MR) is 163 cm³/mol. The lowest BCUT2D eigenvalue weighted by molar-refractivity contribution is 0.0665. The van der Waals surface area contributed by atoms with Crippen LogP contribution in [0.25, 0.3) is 21.9 Å². The number of H-pyrrole nitrogens is 1. The number of nitrogens with one attached hydrogen (secondary N) is 2. The topological polar surface area (TPSA) is 90.0 Å². The van der Waals surface area contributed by atoms with Crippen molar-refractivity contribution in [1.29, 1.82) is 0 Å². The van der Waals surface area contributed by atoms with Crippen molar-refractivity contribution in [2.24, 2.45) is 5.92 Å². The van der Waals surface area contributed by atoms with Gasteiger partial charge in [0.1, 0.15) is 18.0 Å². The molecule has 8 nitrogen and oxygen atoms in total. The van der Waals surface area contributed by atoms with Crippen LogP contribution in [0.5, 0.6) is 0 Å². The van der Waals surface area contributed by atoms with Crippen molar-refractivity contribution in [1.82, 2.24) is 29.7 Å². The van der Waals surface area contributed by atoms with Gasteiger partial charge in [0.2, 0.25) is 0 Å². The Labute approximate surface area is 245 Å². The lowest BCUT2D eigenvalue weighted by Crippen LogP contribution is -2.40. The number of carbonyl (C=O) groups excluding carboxylic acids is 1. The molecular weight excluding hydrogens is 545 g/mol. The summed E-state index contributed by atoms with van der Waals surface area (Å²) in [5.74, 6) is 1.89. The fourth-order valence-electron chi connectivity index (χ4n) is 5.63. The summed E-state index contributed by atoms with van der Waals surface area (Å²) < 4.78 is 0. The maximum atomic E-state index is 13.6. The van der Waals surface area contributed by atoms with Crippen LogP contribution in [-0.4, -0.2) is 68.4 Å². The molecule has 0 aliphatic carbocycles. The third-order valence-electron chi connectivity index (χ3n) is 7.97. The molecule has 212 valence electrons. The van der Waals surface area contributed by atoms with Crippen LogP contribution in [0, 0.1) is 5.92 Å². The number of rotatable bonds is 10. The average Bonchev–Trinajstić information content (AvgIpc) is 3.39. The number of aromatic nitrogens is 4. The van der Waals surface area contributed by atoms with Gasteiger partial charge in [0, 0.05) is 23.5 Å². The SMILES string of the molecule is CCN(CC)CCC[C@@H]1CCCN(C(=O)c2cc3ncnc(N[C@H](C)c4nc5ccc(Cl)cc5[nH]4)c3cc2Cl)C1. The van der Waals surface area contributed by atoms with E-state index in [4.69, 9.17) is 23.2 Å². The molecular formula is C30H37Cl2N7O. The van der Waals surface area contributed by atoms with Gasteiger partial charge >= 0.3 is 0 Å². The number of nitrogens with zero attached hydrogens (tertiary/aromatic N) is 5. The zero-order chi connectivity index (χ0) is 28.2. The van der Waals surface area contributed by atoms with Crippen LogP contribution in [0.1, 0.15) is 68.7 Å². The maximum absolute atomic E-state index is 13.6. The van der Waals surface area contributed by atoms with Crippen LogP contribution < -0.4 is 5.32 Å². The van der Waals surface area contributed by atoms with E-state index in [1.54, 1.807) is 12.1 Å². The van der Waals surface area contributed by atoms with Crippen molar-refractivity contribution in [3.63, 3.8) is 0 Å². The number of likely N-dealkylation sites (tertiary alicyclic amines) is 1. The van der Waals surface area contributed by atoms with E-state index < -0.39 is 0 Å². The lowest BCUT2D eigenvalue weighted by Gasteiger charge is -2.33. The number of aromatic amines is 1. The van der Waals surface area contributed by atoms with E-state index in [-0.39, 0.29) is 11.9 Å². The molecule has 0 saturated carbocycles. The second kappa shape index (κ2) is 12.7. The van der Waals surface area contributed by atoms with Gasteiger partial charge in [-0.15, -0.1) is 0 Å². The number of benzene rings is 2. The molecule has 0 spiro atoms. The van der Waals surface area contributed by atoms with E-state index in [0.29, 0.717) is 32.9 Å². The van der Waals surface area contributed by atoms with E-state index >= 15 is 0 Å². The predicted octanol–water partition coefficient (Wildman–Crippen LogP) is 6.96. The first-order chi connectivity index (χ1) is 19.4. The molecule has 1 saturated heterocycles. The highest BCUT2D eigenvalue weighted by Gasteiger charge is 2.26. The molecule has 1 amide bonds. The molecule has 2 aromatic carbocycles. The Morgan fingerprint density at radius 1 is 1.18 bits per heavy atom. The third kappa shape index (κ3) is 6.35. The number of hydrogen-bond acceptors (Lipinski definition) is 6. The highest BCUT2D eigenvalue weighted by Crippen LogP contribution is 2.31. The fourth-order valence-corrected chi connectivity index (χ4v) is 6.05. The monoisotopic (exact) mass is 581 g/mol. The quantitative estimate of drug-likeness (QED) is 0.210. The Morgan fingerprint density at radius 3 is 2.80 bits per heavy atom. The normalized spacial score (nSPS) is 16.6. The van der Waals surface area contributed by atoms with E-state index in [9.17, 15) is 4.79 Å². The Hall–Kier alpha value is -2.94. The Balaban J connectivity index is 1.30. The van der Waals surface area contributed by atoms with Crippen LogP contribution >= 0.6 is 23.2 Å². The lowest BCUT2D eigenvalue weighted by atomic mass is 9.92. The zero-order valence-corrected chi connectivity index (χ0v) is 24.9. The van der Waals surface area contributed by atoms with Crippen molar-refractivity contribution >= 4 is 56.9 Å². The molecule has 2 atom stereocenters. The Kier molecular flexibility index (Phi) is 9.08. The standard InChI is InChI=1S/C30H37Cl2N7O/c1-4-38(5-2)12-6-8-20-9-7-13-39(17-20)30(40)22-16-26-23(15-24(22)32)29(34-18-33-26)35-19(3)28-36-25-11-10-21(31)14-27(25)37-28/h10-11,14-16,18-20H,4-9,12-13,17H2,1-3H3,(H,36,37)(H,33,34,35)/t19-,20-/m1/s1. The number of imidazole rings is 1.